The highest BCUT2D eigenvalue weighted by molar-refractivity contribution is 7.92. The van der Waals surface area contributed by atoms with Crippen LogP contribution in [0.3, 0.4) is 0 Å². The minimum Gasteiger partial charge on any atom is -0.373 e. The average Bonchev–Trinajstić information content (AvgIpc) is 2.79. The highest BCUT2D eigenvalue weighted by atomic mass is 35.5. The number of aliphatic hydroxyl groups is 1. The lowest BCUT2D eigenvalue weighted by atomic mass is 10.1. The summed E-state index contributed by atoms with van der Waals surface area (Å²) in [5.41, 5.74) is -3.43. The van der Waals surface area contributed by atoms with E-state index in [2.05, 4.69) is 9.62 Å². The number of hydrogen-bond donors (Lipinski definition) is 3. The molecule has 3 rings (SSSR count). The van der Waals surface area contributed by atoms with E-state index in [-0.39, 0.29) is 34.1 Å². The lowest BCUT2D eigenvalue weighted by Gasteiger charge is -2.32. The third-order valence-corrected chi connectivity index (χ3v) is 7.36. The lowest BCUT2D eigenvalue weighted by Crippen LogP contribution is -2.52. The Labute approximate surface area is 210 Å². The quantitative estimate of drug-likeness (QED) is 0.511. The van der Waals surface area contributed by atoms with Crippen LogP contribution < -0.4 is 10.0 Å². The molecule has 1 fully saturated rings. The molecule has 196 valence electrons. The van der Waals surface area contributed by atoms with Crippen molar-refractivity contribution in [1.82, 2.24) is 9.80 Å². The molecule has 2 amide bonds. The molecule has 0 spiro atoms. The largest absolute Gasteiger partial charge is 0.426 e. The first kappa shape index (κ1) is 27.7. The van der Waals surface area contributed by atoms with Crippen LogP contribution in [-0.4, -0.2) is 80.1 Å². The molecule has 9 nitrogen and oxygen atoms in total. The van der Waals surface area contributed by atoms with Crippen LogP contribution in [0.5, 0.6) is 0 Å². The highest BCUT2D eigenvalue weighted by Crippen LogP contribution is 2.33. The van der Waals surface area contributed by atoms with E-state index >= 15 is 0 Å². The first-order valence-corrected chi connectivity index (χ1v) is 12.5. The van der Waals surface area contributed by atoms with E-state index in [1.54, 1.807) is 4.90 Å². The Balaban J connectivity index is 1.70. The Morgan fingerprint density at radius 1 is 1.03 bits per heavy atom. The zero-order valence-electron chi connectivity index (χ0n) is 19.3. The summed E-state index contributed by atoms with van der Waals surface area (Å²) in [6, 6.07) is 8.81. The maximum atomic E-state index is 12.8. The molecule has 2 aromatic rings. The molecule has 1 saturated heterocycles. The van der Waals surface area contributed by atoms with Crippen molar-refractivity contribution in [3.63, 3.8) is 0 Å². The van der Waals surface area contributed by atoms with Crippen LogP contribution in [0, 0.1) is 0 Å². The van der Waals surface area contributed by atoms with Gasteiger partial charge in [0.25, 0.3) is 21.8 Å². The van der Waals surface area contributed by atoms with Gasteiger partial charge in [0.2, 0.25) is 5.60 Å². The fourth-order valence-corrected chi connectivity index (χ4v) is 4.60. The number of carbonyl (C=O) groups is 2. The van der Waals surface area contributed by atoms with Gasteiger partial charge in [0.1, 0.15) is 0 Å². The topological polar surface area (TPSA) is 119 Å². The van der Waals surface area contributed by atoms with Crippen molar-refractivity contribution >= 4 is 44.8 Å². The van der Waals surface area contributed by atoms with Crippen LogP contribution in [0.15, 0.2) is 47.4 Å². The van der Waals surface area contributed by atoms with Crippen LogP contribution in [0.25, 0.3) is 0 Å². The molecule has 0 bridgehead atoms. The molecule has 0 radical (unpaired) electrons. The minimum absolute atomic E-state index is 0.161. The highest BCUT2D eigenvalue weighted by Gasteiger charge is 2.55. The molecule has 0 aromatic heterocycles. The predicted molar refractivity (Wildman–Crippen MR) is 127 cm³/mol. The maximum Gasteiger partial charge on any atom is 0.426 e. The van der Waals surface area contributed by atoms with Gasteiger partial charge in [0, 0.05) is 37.4 Å². The molecular formula is C22H24ClF3N4O5S. The SMILES string of the molecule is CN1CCN(C(=O)c2ccc(NS(=O)(=O)c3ccc(NC(=O)[C@@](C)(O)C(F)(F)F)c(Cl)c3)cc2)CC1. The molecule has 1 aliphatic heterocycles. The second-order valence-corrected chi connectivity index (χ2v) is 10.5. The number of alkyl halides is 3. The summed E-state index contributed by atoms with van der Waals surface area (Å²) in [4.78, 5) is 28.0. The lowest BCUT2D eigenvalue weighted by molar-refractivity contribution is -0.242. The van der Waals surface area contributed by atoms with Gasteiger partial charge in [0.05, 0.1) is 15.6 Å². The molecule has 3 N–H and O–H groups in total. The Morgan fingerprint density at radius 3 is 2.14 bits per heavy atom. The fraction of sp³-hybridized carbons (Fsp3) is 0.364. The summed E-state index contributed by atoms with van der Waals surface area (Å²) in [7, 11) is -2.20. The molecule has 14 heteroatoms. The van der Waals surface area contributed by atoms with E-state index in [4.69, 9.17) is 11.6 Å². The minimum atomic E-state index is -5.23. The average molecular weight is 549 g/mol. The van der Waals surface area contributed by atoms with Crippen LogP contribution in [0.2, 0.25) is 5.02 Å². The molecule has 36 heavy (non-hydrogen) atoms. The molecule has 1 atom stereocenters. The van der Waals surface area contributed by atoms with Gasteiger partial charge < -0.3 is 20.2 Å². The van der Waals surface area contributed by atoms with Crippen molar-refractivity contribution in [2.75, 3.05) is 43.3 Å². The number of piperazine rings is 1. The monoisotopic (exact) mass is 548 g/mol. The Morgan fingerprint density at radius 2 is 1.61 bits per heavy atom. The summed E-state index contributed by atoms with van der Waals surface area (Å²) in [6.07, 6.45) is -5.23. The summed E-state index contributed by atoms with van der Waals surface area (Å²) in [6.45, 7) is 2.99. The zero-order chi connectivity index (χ0) is 26.9. The molecule has 0 saturated carbocycles. The summed E-state index contributed by atoms with van der Waals surface area (Å²) >= 11 is 5.97. The molecule has 2 aromatic carbocycles. The normalized spacial score (nSPS) is 16.8. The third-order valence-electron chi connectivity index (χ3n) is 5.67. The number of nitrogens with one attached hydrogen (secondary N) is 2. The van der Waals surface area contributed by atoms with Gasteiger partial charge in [-0.15, -0.1) is 0 Å². The number of amides is 2. The number of halogens is 4. The number of likely N-dealkylation sites (N-methyl/N-ethyl adjacent to an activating group) is 1. The van der Waals surface area contributed by atoms with Crippen LogP contribution in [0.4, 0.5) is 24.5 Å². The summed E-state index contributed by atoms with van der Waals surface area (Å²) < 4.78 is 66.3. The standard InChI is InChI=1S/C22H24ClF3N4O5S/c1-21(33,22(24,25)26)20(32)27-18-8-7-16(13-17(18)23)36(34,35)28-15-5-3-14(4-6-15)19(31)30-11-9-29(2)10-12-30/h3-8,13,28,33H,9-12H2,1-2H3,(H,27,32)/t21-/m1/s1. The van der Waals surface area contributed by atoms with E-state index in [1.807, 2.05) is 12.4 Å². The molecule has 0 unspecified atom stereocenters. The predicted octanol–water partition coefficient (Wildman–Crippen LogP) is 2.78. The van der Waals surface area contributed by atoms with Crippen LogP contribution in [-0.2, 0) is 14.8 Å². The van der Waals surface area contributed by atoms with Crippen LogP contribution >= 0.6 is 11.6 Å². The molecular weight excluding hydrogens is 525 g/mol. The van der Waals surface area contributed by atoms with E-state index in [9.17, 15) is 36.3 Å². The Kier molecular flexibility index (Phi) is 7.89. The van der Waals surface area contributed by atoms with Crippen LogP contribution in [0.1, 0.15) is 17.3 Å². The number of nitrogens with zero attached hydrogens (tertiary/aromatic N) is 2. The molecule has 0 aliphatic carbocycles. The third kappa shape index (κ3) is 6.09. The van der Waals surface area contributed by atoms with Gasteiger partial charge in [-0.1, -0.05) is 11.6 Å². The fourth-order valence-electron chi connectivity index (χ4n) is 3.22. The zero-order valence-corrected chi connectivity index (χ0v) is 20.8. The van der Waals surface area contributed by atoms with E-state index in [0.717, 1.165) is 31.3 Å². The first-order chi connectivity index (χ1) is 16.6. The van der Waals surface area contributed by atoms with Crippen molar-refractivity contribution in [3.8, 4) is 0 Å². The van der Waals surface area contributed by atoms with Crippen molar-refractivity contribution < 1.29 is 36.3 Å². The molecule has 1 aliphatic rings. The van der Waals surface area contributed by atoms with E-state index in [1.165, 1.54) is 24.3 Å². The van der Waals surface area contributed by atoms with E-state index in [0.29, 0.717) is 18.7 Å². The van der Waals surface area contributed by atoms with Gasteiger partial charge in [-0.2, -0.15) is 13.2 Å². The second-order valence-electron chi connectivity index (χ2n) is 8.44. The number of carbonyl (C=O) groups excluding carboxylic acids is 2. The Bertz CT molecular complexity index is 1250. The number of sulfonamides is 1. The van der Waals surface area contributed by atoms with Crippen molar-refractivity contribution in [2.24, 2.45) is 0 Å². The van der Waals surface area contributed by atoms with Crippen molar-refractivity contribution in [3.05, 3.63) is 53.1 Å². The number of anilines is 2. The number of hydrogen-bond acceptors (Lipinski definition) is 6. The smallest absolute Gasteiger partial charge is 0.373 e. The maximum absolute atomic E-state index is 12.8. The number of benzene rings is 2. The molecule has 1 heterocycles. The van der Waals surface area contributed by atoms with Gasteiger partial charge in [-0.05, 0) is 56.4 Å². The summed E-state index contributed by atoms with van der Waals surface area (Å²) in [5, 5.41) is 10.9. The van der Waals surface area contributed by atoms with Gasteiger partial charge >= 0.3 is 6.18 Å². The van der Waals surface area contributed by atoms with Gasteiger partial charge in [-0.3, -0.25) is 14.3 Å². The van der Waals surface area contributed by atoms with Crippen molar-refractivity contribution in [1.29, 1.82) is 0 Å². The van der Waals surface area contributed by atoms with Gasteiger partial charge in [0.15, 0.2) is 0 Å². The van der Waals surface area contributed by atoms with E-state index < -0.39 is 27.7 Å². The Hall–Kier alpha value is -2.87. The number of rotatable bonds is 6. The van der Waals surface area contributed by atoms with Crippen molar-refractivity contribution in [2.45, 2.75) is 23.6 Å². The second kappa shape index (κ2) is 10.2. The van der Waals surface area contributed by atoms with Gasteiger partial charge in [-0.25, -0.2) is 8.42 Å². The summed E-state index contributed by atoms with van der Waals surface area (Å²) in [5.74, 6) is -1.94. The first-order valence-electron chi connectivity index (χ1n) is 10.6.